The third-order valence-corrected chi connectivity index (χ3v) is 5.59. The van der Waals surface area contributed by atoms with E-state index in [9.17, 15) is 18.0 Å². The van der Waals surface area contributed by atoms with Crippen LogP contribution in [-0.4, -0.2) is 70.0 Å². The smallest absolute Gasteiger partial charge is 0.253 e. The minimum Gasteiger partial charge on any atom is -0.345 e. The van der Waals surface area contributed by atoms with Gasteiger partial charge in [-0.15, -0.1) is 0 Å². The van der Waals surface area contributed by atoms with Crippen LogP contribution in [0.2, 0.25) is 0 Å². The SMILES string of the molecule is CN(C)C(=O)c1ccc(N(CC(=O)N2CCCCCC2)S(C)(=O)=O)cc1. The van der Waals surface area contributed by atoms with Crippen LogP contribution in [0.5, 0.6) is 0 Å². The Hall–Kier alpha value is -2.09. The number of amides is 2. The molecular weight excluding hydrogens is 354 g/mol. The molecule has 0 unspecified atom stereocenters. The molecule has 0 spiro atoms. The highest BCUT2D eigenvalue weighted by atomic mass is 32.2. The topological polar surface area (TPSA) is 78.0 Å². The molecule has 144 valence electrons. The maximum atomic E-state index is 12.6. The Labute approximate surface area is 155 Å². The van der Waals surface area contributed by atoms with Crippen LogP contribution in [0.25, 0.3) is 0 Å². The summed E-state index contributed by atoms with van der Waals surface area (Å²) in [5.74, 6) is -0.353. The van der Waals surface area contributed by atoms with Gasteiger partial charge in [0.2, 0.25) is 15.9 Å². The zero-order valence-electron chi connectivity index (χ0n) is 15.6. The van der Waals surface area contributed by atoms with E-state index in [1.54, 1.807) is 43.3 Å². The van der Waals surface area contributed by atoms with Gasteiger partial charge < -0.3 is 9.80 Å². The summed E-state index contributed by atoms with van der Waals surface area (Å²) >= 11 is 0. The number of anilines is 1. The molecule has 1 aromatic carbocycles. The Morgan fingerprint density at radius 1 is 1.00 bits per heavy atom. The number of hydrogen-bond acceptors (Lipinski definition) is 4. The average Bonchev–Trinajstić information content (AvgIpc) is 2.87. The van der Waals surface area contributed by atoms with E-state index in [0.717, 1.165) is 36.2 Å². The summed E-state index contributed by atoms with van der Waals surface area (Å²) in [6, 6.07) is 6.28. The molecule has 8 heteroatoms. The van der Waals surface area contributed by atoms with Gasteiger partial charge in [0, 0.05) is 32.7 Å². The lowest BCUT2D eigenvalue weighted by molar-refractivity contribution is -0.129. The van der Waals surface area contributed by atoms with E-state index in [1.165, 1.54) is 4.90 Å². The van der Waals surface area contributed by atoms with E-state index < -0.39 is 10.0 Å². The molecule has 0 aliphatic carbocycles. The summed E-state index contributed by atoms with van der Waals surface area (Å²) in [5.41, 5.74) is 0.844. The van der Waals surface area contributed by atoms with E-state index in [0.29, 0.717) is 24.3 Å². The summed E-state index contributed by atoms with van der Waals surface area (Å²) in [5, 5.41) is 0. The quantitative estimate of drug-likeness (QED) is 0.775. The average molecular weight is 381 g/mol. The maximum Gasteiger partial charge on any atom is 0.253 e. The second-order valence-corrected chi connectivity index (χ2v) is 8.72. The Bertz CT molecular complexity index is 736. The molecule has 1 fully saturated rings. The van der Waals surface area contributed by atoms with Gasteiger partial charge in [0.1, 0.15) is 6.54 Å². The van der Waals surface area contributed by atoms with E-state index in [-0.39, 0.29) is 18.4 Å². The first-order valence-electron chi connectivity index (χ1n) is 8.77. The molecule has 1 saturated heterocycles. The number of likely N-dealkylation sites (tertiary alicyclic amines) is 1. The van der Waals surface area contributed by atoms with Gasteiger partial charge in [0.25, 0.3) is 5.91 Å². The lowest BCUT2D eigenvalue weighted by Gasteiger charge is -2.26. The van der Waals surface area contributed by atoms with Gasteiger partial charge in [-0.3, -0.25) is 13.9 Å². The third kappa shape index (κ3) is 5.20. The molecule has 0 aromatic heterocycles. The predicted octanol–water partition coefficient (Wildman–Crippen LogP) is 1.56. The molecule has 1 aliphatic heterocycles. The summed E-state index contributed by atoms with van der Waals surface area (Å²) in [4.78, 5) is 27.8. The Balaban J connectivity index is 2.19. The van der Waals surface area contributed by atoms with Crippen molar-refractivity contribution < 1.29 is 18.0 Å². The minimum atomic E-state index is -3.62. The molecule has 2 amide bonds. The standard InChI is InChI=1S/C18H27N3O4S/c1-19(2)18(23)15-8-10-16(11-9-15)21(26(3,24)25)14-17(22)20-12-6-4-5-7-13-20/h8-11H,4-7,12-14H2,1-3H3. The zero-order valence-corrected chi connectivity index (χ0v) is 16.5. The zero-order chi connectivity index (χ0) is 19.3. The molecule has 26 heavy (non-hydrogen) atoms. The normalized spacial score (nSPS) is 15.3. The van der Waals surface area contributed by atoms with E-state index in [2.05, 4.69) is 0 Å². The number of carbonyl (C=O) groups excluding carboxylic acids is 2. The highest BCUT2D eigenvalue weighted by Crippen LogP contribution is 2.20. The number of rotatable bonds is 5. The largest absolute Gasteiger partial charge is 0.345 e. The van der Waals surface area contributed by atoms with Crippen molar-refractivity contribution in [1.29, 1.82) is 0 Å². The van der Waals surface area contributed by atoms with Crippen LogP contribution in [0.3, 0.4) is 0 Å². The van der Waals surface area contributed by atoms with E-state index in [4.69, 9.17) is 0 Å². The van der Waals surface area contributed by atoms with Crippen LogP contribution in [-0.2, 0) is 14.8 Å². The van der Waals surface area contributed by atoms with Gasteiger partial charge in [-0.25, -0.2) is 8.42 Å². The second kappa shape index (κ2) is 8.53. The van der Waals surface area contributed by atoms with Crippen LogP contribution in [0, 0.1) is 0 Å². The van der Waals surface area contributed by atoms with Gasteiger partial charge in [0.05, 0.1) is 11.9 Å². The van der Waals surface area contributed by atoms with Crippen molar-refractivity contribution in [1.82, 2.24) is 9.80 Å². The van der Waals surface area contributed by atoms with Crippen molar-refractivity contribution in [3.8, 4) is 0 Å². The van der Waals surface area contributed by atoms with E-state index >= 15 is 0 Å². The van der Waals surface area contributed by atoms with Crippen LogP contribution in [0.15, 0.2) is 24.3 Å². The van der Waals surface area contributed by atoms with Crippen molar-refractivity contribution in [2.75, 3.05) is 44.3 Å². The number of nitrogens with zero attached hydrogens (tertiary/aromatic N) is 3. The van der Waals surface area contributed by atoms with Crippen molar-refractivity contribution in [3.05, 3.63) is 29.8 Å². The maximum absolute atomic E-state index is 12.6. The van der Waals surface area contributed by atoms with Crippen LogP contribution < -0.4 is 4.31 Å². The Morgan fingerprint density at radius 3 is 2.00 bits per heavy atom. The molecule has 2 rings (SSSR count). The molecule has 1 heterocycles. The predicted molar refractivity (Wildman–Crippen MR) is 102 cm³/mol. The highest BCUT2D eigenvalue weighted by molar-refractivity contribution is 7.92. The molecular formula is C18H27N3O4S. The molecule has 0 saturated carbocycles. The van der Waals surface area contributed by atoms with Crippen molar-refractivity contribution in [2.45, 2.75) is 25.7 Å². The fraction of sp³-hybridized carbons (Fsp3) is 0.556. The monoisotopic (exact) mass is 381 g/mol. The van der Waals surface area contributed by atoms with Gasteiger partial charge in [-0.1, -0.05) is 12.8 Å². The lowest BCUT2D eigenvalue weighted by Crippen LogP contribution is -2.43. The van der Waals surface area contributed by atoms with Gasteiger partial charge >= 0.3 is 0 Å². The van der Waals surface area contributed by atoms with Crippen molar-refractivity contribution >= 4 is 27.5 Å². The number of sulfonamides is 1. The number of benzene rings is 1. The fourth-order valence-electron chi connectivity index (χ4n) is 2.97. The van der Waals surface area contributed by atoms with Gasteiger partial charge in [-0.2, -0.15) is 0 Å². The number of hydrogen-bond donors (Lipinski definition) is 0. The molecule has 0 atom stereocenters. The van der Waals surface area contributed by atoms with Gasteiger partial charge in [0.15, 0.2) is 0 Å². The second-order valence-electron chi connectivity index (χ2n) is 6.81. The molecule has 1 aliphatic rings. The van der Waals surface area contributed by atoms with Crippen LogP contribution >= 0.6 is 0 Å². The summed E-state index contributed by atoms with van der Waals surface area (Å²) in [6.45, 7) is 1.12. The van der Waals surface area contributed by atoms with E-state index in [1.807, 2.05) is 0 Å². The number of carbonyl (C=O) groups is 2. The fourth-order valence-corrected chi connectivity index (χ4v) is 3.82. The summed E-state index contributed by atoms with van der Waals surface area (Å²) in [6.07, 6.45) is 5.18. The summed E-state index contributed by atoms with van der Waals surface area (Å²) in [7, 11) is -0.316. The first-order chi connectivity index (χ1) is 12.2. The van der Waals surface area contributed by atoms with Crippen molar-refractivity contribution in [2.24, 2.45) is 0 Å². The molecule has 0 bridgehead atoms. The van der Waals surface area contributed by atoms with Crippen molar-refractivity contribution in [3.63, 3.8) is 0 Å². The molecule has 7 nitrogen and oxygen atoms in total. The van der Waals surface area contributed by atoms with Crippen LogP contribution in [0.4, 0.5) is 5.69 Å². The van der Waals surface area contributed by atoms with Gasteiger partial charge in [-0.05, 0) is 37.1 Å². The van der Waals surface area contributed by atoms with Crippen LogP contribution in [0.1, 0.15) is 36.0 Å². The minimum absolute atomic E-state index is 0.164. The first kappa shape index (κ1) is 20.2. The first-order valence-corrected chi connectivity index (χ1v) is 10.6. The molecule has 0 radical (unpaired) electrons. The third-order valence-electron chi connectivity index (χ3n) is 4.45. The Morgan fingerprint density at radius 2 is 1.54 bits per heavy atom. The molecule has 1 aromatic rings. The molecule has 0 N–H and O–H groups in total. The highest BCUT2D eigenvalue weighted by Gasteiger charge is 2.24. The summed E-state index contributed by atoms with van der Waals surface area (Å²) < 4.78 is 25.6. The lowest BCUT2D eigenvalue weighted by atomic mass is 10.2. The Kier molecular flexibility index (Phi) is 6.63.